The van der Waals surface area contributed by atoms with Crippen molar-refractivity contribution in [3.05, 3.63) is 63.9 Å². The summed E-state index contributed by atoms with van der Waals surface area (Å²) in [7, 11) is 0. The van der Waals surface area contributed by atoms with Gasteiger partial charge in [-0.25, -0.2) is 4.39 Å². The molecule has 1 amide bonds. The van der Waals surface area contributed by atoms with Crippen molar-refractivity contribution in [2.45, 2.75) is 0 Å². The van der Waals surface area contributed by atoms with Gasteiger partial charge in [0.1, 0.15) is 5.82 Å². The van der Waals surface area contributed by atoms with Crippen molar-refractivity contribution in [1.29, 1.82) is 0 Å². The van der Waals surface area contributed by atoms with Crippen LogP contribution >= 0.6 is 23.2 Å². The smallest absolute Gasteiger partial charge is 0.257 e. The number of carbonyl (C=O) groups excluding carboxylic acids is 1. The molecule has 0 aromatic heterocycles. The summed E-state index contributed by atoms with van der Waals surface area (Å²) in [6.07, 6.45) is 0. The zero-order valence-corrected chi connectivity index (χ0v) is 10.6. The first kappa shape index (κ1) is 12.9. The Hall–Kier alpha value is -1.58. The van der Waals surface area contributed by atoms with E-state index in [9.17, 15) is 9.18 Å². The van der Waals surface area contributed by atoms with Gasteiger partial charge in [-0.1, -0.05) is 35.3 Å². The fourth-order valence-corrected chi connectivity index (χ4v) is 1.86. The molecule has 0 unspecified atom stereocenters. The molecule has 0 saturated heterocycles. The Morgan fingerprint density at radius 2 is 1.78 bits per heavy atom. The van der Waals surface area contributed by atoms with Crippen LogP contribution in [0.1, 0.15) is 10.4 Å². The van der Waals surface area contributed by atoms with Crippen molar-refractivity contribution in [1.82, 2.24) is 0 Å². The van der Waals surface area contributed by atoms with Crippen molar-refractivity contribution in [2.75, 3.05) is 5.32 Å². The average molecular weight is 284 g/mol. The van der Waals surface area contributed by atoms with Crippen molar-refractivity contribution < 1.29 is 9.18 Å². The molecule has 0 spiro atoms. The number of hydrogen-bond donors (Lipinski definition) is 1. The number of carbonyl (C=O) groups is 1. The summed E-state index contributed by atoms with van der Waals surface area (Å²) < 4.78 is 12.9. The maximum Gasteiger partial charge on any atom is 0.257 e. The zero-order chi connectivity index (χ0) is 13.1. The van der Waals surface area contributed by atoms with Gasteiger partial charge in [0.05, 0.1) is 21.3 Å². The van der Waals surface area contributed by atoms with Crippen LogP contribution in [-0.4, -0.2) is 5.91 Å². The van der Waals surface area contributed by atoms with E-state index in [2.05, 4.69) is 5.32 Å². The van der Waals surface area contributed by atoms with Crippen LogP contribution in [0.25, 0.3) is 0 Å². The number of benzene rings is 2. The molecular formula is C13H8Cl2FNO. The normalized spacial score (nSPS) is 10.2. The topological polar surface area (TPSA) is 29.1 Å². The van der Waals surface area contributed by atoms with E-state index >= 15 is 0 Å². The summed E-state index contributed by atoms with van der Waals surface area (Å²) in [6.45, 7) is 0. The van der Waals surface area contributed by atoms with Gasteiger partial charge in [-0.15, -0.1) is 0 Å². The van der Waals surface area contributed by atoms with Crippen LogP contribution in [0.3, 0.4) is 0 Å². The minimum atomic E-state index is -0.462. The molecular weight excluding hydrogens is 276 g/mol. The Balaban J connectivity index is 2.24. The highest BCUT2D eigenvalue weighted by Crippen LogP contribution is 2.24. The molecule has 2 nitrogen and oxygen atoms in total. The van der Waals surface area contributed by atoms with Crippen LogP contribution in [0.5, 0.6) is 0 Å². The van der Waals surface area contributed by atoms with E-state index in [1.165, 1.54) is 12.1 Å². The Morgan fingerprint density at radius 1 is 1.06 bits per heavy atom. The molecule has 0 radical (unpaired) electrons. The molecule has 0 heterocycles. The minimum Gasteiger partial charge on any atom is -0.321 e. The van der Waals surface area contributed by atoms with E-state index in [-0.39, 0.29) is 5.02 Å². The van der Waals surface area contributed by atoms with Crippen molar-refractivity contribution in [3.63, 3.8) is 0 Å². The quantitative estimate of drug-likeness (QED) is 0.870. The standard InChI is InChI=1S/C13H8Cl2FNO/c14-10-4-2-1-3-9(10)13(18)17-12-6-5-8(16)7-11(12)15/h1-7H,(H,17,18). The molecule has 0 bridgehead atoms. The van der Waals surface area contributed by atoms with Gasteiger partial charge in [0.25, 0.3) is 5.91 Å². The van der Waals surface area contributed by atoms with Gasteiger partial charge in [0.15, 0.2) is 0 Å². The van der Waals surface area contributed by atoms with Gasteiger partial charge in [-0.05, 0) is 30.3 Å². The van der Waals surface area contributed by atoms with E-state index in [0.717, 1.165) is 6.07 Å². The summed E-state index contributed by atoms with van der Waals surface area (Å²) in [6, 6.07) is 10.4. The van der Waals surface area contributed by atoms with Crippen molar-refractivity contribution >= 4 is 34.8 Å². The molecule has 92 valence electrons. The van der Waals surface area contributed by atoms with Crippen molar-refractivity contribution in [3.8, 4) is 0 Å². The van der Waals surface area contributed by atoms with Gasteiger partial charge in [0.2, 0.25) is 0 Å². The highest BCUT2D eigenvalue weighted by molar-refractivity contribution is 6.35. The largest absolute Gasteiger partial charge is 0.321 e. The number of hydrogen-bond acceptors (Lipinski definition) is 1. The molecule has 0 fully saturated rings. The summed E-state index contributed by atoms with van der Waals surface area (Å²) in [5.74, 6) is -0.857. The first-order chi connectivity index (χ1) is 8.58. The Bertz CT molecular complexity index is 601. The Labute approximate surface area is 113 Å². The molecule has 0 aliphatic carbocycles. The lowest BCUT2D eigenvalue weighted by Crippen LogP contribution is -2.12. The second-order valence-corrected chi connectivity index (χ2v) is 4.37. The van der Waals surface area contributed by atoms with Gasteiger partial charge in [-0.2, -0.15) is 0 Å². The number of anilines is 1. The maximum atomic E-state index is 12.9. The highest BCUT2D eigenvalue weighted by Gasteiger charge is 2.11. The molecule has 0 aliphatic heterocycles. The van der Waals surface area contributed by atoms with Gasteiger partial charge in [-0.3, -0.25) is 4.79 Å². The summed E-state index contributed by atoms with van der Waals surface area (Å²) >= 11 is 11.7. The van der Waals surface area contributed by atoms with Gasteiger partial charge >= 0.3 is 0 Å². The molecule has 18 heavy (non-hydrogen) atoms. The number of amides is 1. The van der Waals surface area contributed by atoms with Crippen molar-refractivity contribution in [2.24, 2.45) is 0 Å². The summed E-state index contributed by atoms with van der Waals surface area (Å²) in [5.41, 5.74) is 0.669. The zero-order valence-electron chi connectivity index (χ0n) is 9.08. The van der Waals surface area contributed by atoms with E-state index < -0.39 is 11.7 Å². The van der Waals surface area contributed by atoms with Crippen LogP contribution in [-0.2, 0) is 0 Å². The van der Waals surface area contributed by atoms with Crippen LogP contribution in [0.4, 0.5) is 10.1 Å². The molecule has 0 atom stereocenters. The second-order valence-electron chi connectivity index (χ2n) is 3.56. The fraction of sp³-hybridized carbons (Fsp3) is 0. The number of halogens is 3. The van der Waals surface area contributed by atoms with E-state index in [4.69, 9.17) is 23.2 Å². The van der Waals surface area contributed by atoms with E-state index in [0.29, 0.717) is 16.3 Å². The lowest BCUT2D eigenvalue weighted by Gasteiger charge is -2.08. The van der Waals surface area contributed by atoms with Gasteiger partial charge < -0.3 is 5.32 Å². The monoisotopic (exact) mass is 283 g/mol. The van der Waals surface area contributed by atoms with Crippen LogP contribution in [0.2, 0.25) is 10.0 Å². The predicted octanol–water partition coefficient (Wildman–Crippen LogP) is 4.38. The predicted molar refractivity (Wildman–Crippen MR) is 70.8 cm³/mol. The number of rotatable bonds is 2. The molecule has 0 saturated carbocycles. The molecule has 5 heteroatoms. The third-order valence-corrected chi connectivity index (χ3v) is 2.94. The Morgan fingerprint density at radius 3 is 2.44 bits per heavy atom. The van der Waals surface area contributed by atoms with E-state index in [1.54, 1.807) is 24.3 Å². The minimum absolute atomic E-state index is 0.135. The van der Waals surface area contributed by atoms with Crippen LogP contribution in [0.15, 0.2) is 42.5 Å². The summed E-state index contributed by atoms with van der Waals surface area (Å²) in [5, 5.41) is 3.05. The summed E-state index contributed by atoms with van der Waals surface area (Å²) in [4.78, 5) is 11.9. The number of nitrogens with one attached hydrogen (secondary N) is 1. The SMILES string of the molecule is O=C(Nc1ccc(F)cc1Cl)c1ccccc1Cl. The first-order valence-electron chi connectivity index (χ1n) is 5.09. The van der Waals surface area contributed by atoms with Crippen LogP contribution in [0, 0.1) is 5.82 Å². The lowest BCUT2D eigenvalue weighted by molar-refractivity contribution is 0.102. The highest BCUT2D eigenvalue weighted by atomic mass is 35.5. The fourth-order valence-electron chi connectivity index (χ4n) is 1.43. The molecule has 2 aromatic carbocycles. The average Bonchev–Trinajstić information content (AvgIpc) is 2.33. The molecule has 2 aromatic rings. The second kappa shape index (κ2) is 5.38. The van der Waals surface area contributed by atoms with Gasteiger partial charge in [0, 0.05) is 0 Å². The third kappa shape index (κ3) is 2.81. The lowest BCUT2D eigenvalue weighted by atomic mass is 10.2. The Kier molecular flexibility index (Phi) is 3.84. The molecule has 1 N–H and O–H groups in total. The maximum absolute atomic E-state index is 12.9. The van der Waals surface area contributed by atoms with E-state index in [1.807, 2.05) is 0 Å². The van der Waals surface area contributed by atoms with Crippen LogP contribution < -0.4 is 5.32 Å². The third-order valence-electron chi connectivity index (χ3n) is 2.30. The molecule has 2 rings (SSSR count). The first-order valence-corrected chi connectivity index (χ1v) is 5.84. The molecule has 0 aliphatic rings.